The lowest BCUT2D eigenvalue weighted by atomic mass is 9.78. The highest BCUT2D eigenvalue weighted by Gasteiger charge is 2.43. The van der Waals surface area contributed by atoms with Gasteiger partial charge in [-0.25, -0.2) is 0 Å². The molecule has 0 spiro atoms. The van der Waals surface area contributed by atoms with E-state index < -0.39 is 5.54 Å². The zero-order chi connectivity index (χ0) is 15.0. The van der Waals surface area contributed by atoms with Crippen molar-refractivity contribution in [2.45, 2.75) is 50.6 Å². The third-order valence-corrected chi connectivity index (χ3v) is 4.30. The van der Waals surface area contributed by atoms with Gasteiger partial charge in [0.2, 0.25) is 0 Å². The van der Waals surface area contributed by atoms with Gasteiger partial charge in [0.05, 0.1) is 7.11 Å². The summed E-state index contributed by atoms with van der Waals surface area (Å²) in [6.45, 7) is 4.61. The molecule has 0 bridgehead atoms. The van der Waals surface area contributed by atoms with Crippen molar-refractivity contribution >= 4 is 5.97 Å². The number of ether oxygens (including phenoxy) is 2. The van der Waals surface area contributed by atoms with Crippen LogP contribution in [0.5, 0.6) is 0 Å². The fraction of sp³-hybridized carbons (Fsp3) is 0.933. The summed E-state index contributed by atoms with van der Waals surface area (Å²) in [7, 11) is 5.35. The minimum absolute atomic E-state index is 0.116. The summed E-state index contributed by atoms with van der Waals surface area (Å²) < 4.78 is 10.1. The number of esters is 1. The molecule has 5 nitrogen and oxygen atoms in total. The molecule has 1 aliphatic rings. The second-order valence-corrected chi connectivity index (χ2v) is 5.68. The first kappa shape index (κ1) is 17.4. The number of carbonyl (C=O) groups excluding carboxylic acids is 1. The van der Waals surface area contributed by atoms with Crippen LogP contribution in [-0.4, -0.2) is 63.4 Å². The fourth-order valence-corrected chi connectivity index (χ4v) is 3.21. The van der Waals surface area contributed by atoms with Gasteiger partial charge in [-0.1, -0.05) is 6.92 Å². The number of likely N-dealkylation sites (N-methyl/N-ethyl adjacent to an activating group) is 1. The van der Waals surface area contributed by atoms with Crippen molar-refractivity contribution in [1.29, 1.82) is 0 Å². The molecule has 0 saturated heterocycles. The Morgan fingerprint density at radius 3 is 2.80 bits per heavy atom. The van der Waals surface area contributed by atoms with Crippen molar-refractivity contribution in [2.24, 2.45) is 0 Å². The smallest absolute Gasteiger partial charge is 0.326 e. The first-order chi connectivity index (χ1) is 9.59. The van der Waals surface area contributed by atoms with Gasteiger partial charge >= 0.3 is 5.97 Å². The zero-order valence-corrected chi connectivity index (χ0v) is 13.4. The second kappa shape index (κ2) is 8.60. The monoisotopic (exact) mass is 286 g/mol. The molecule has 0 radical (unpaired) electrons. The van der Waals surface area contributed by atoms with E-state index in [2.05, 4.69) is 17.3 Å². The van der Waals surface area contributed by atoms with Gasteiger partial charge in [-0.15, -0.1) is 0 Å². The quantitative estimate of drug-likeness (QED) is 0.540. The van der Waals surface area contributed by atoms with E-state index in [4.69, 9.17) is 9.47 Å². The van der Waals surface area contributed by atoms with Crippen LogP contribution in [0.1, 0.15) is 39.0 Å². The molecule has 1 aliphatic carbocycles. The lowest BCUT2D eigenvalue weighted by molar-refractivity contribution is -0.151. The van der Waals surface area contributed by atoms with Crippen molar-refractivity contribution in [3.8, 4) is 0 Å². The number of nitrogens with zero attached hydrogens (tertiary/aromatic N) is 1. The molecule has 1 fully saturated rings. The van der Waals surface area contributed by atoms with Crippen molar-refractivity contribution in [1.82, 2.24) is 10.2 Å². The molecule has 0 aromatic heterocycles. The van der Waals surface area contributed by atoms with E-state index >= 15 is 0 Å². The van der Waals surface area contributed by atoms with Gasteiger partial charge in [-0.3, -0.25) is 4.79 Å². The van der Waals surface area contributed by atoms with Gasteiger partial charge in [-0.2, -0.15) is 0 Å². The van der Waals surface area contributed by atoms with Gasteiger partial charge in [0.25, 0.3) is 0 Å². The molecule has 1 rings (SSSR count). The van der Waals surface area contributed by atoms with E-state index in [0.29, 0.717) is 6.04 Å². The van der Waals surface area contributed by atoms with Crippen molar-refractivity contribution < 1.29 is 14.3 Å². The topological polar surface area (TPSA) is 50.8 Å². The highest BCUT2D eigenvalue weighted by molar-refractivity contribution is 5.81. The molecule has 1 saturated carbocycles. The SMILES string of the molecule is CCNC1(C(=O)OC)CCCC(N(C)CCCOC)C1. The predicted molar refractivity (Wildman–Crippen MR) is 79.8 cm³/mol. The molecule has 0 aliphatic heterocycles. The normalized spacial score (nSPS) is 26.8. The van der Waals surface area contributed by atoms with E-state index in [-0.39, 0.29) is 5.97 Å². The number of nitrogens with one attached hydrogen (secondary N) is 1. The number of rotatable bonds is 8. The van der Waals surface area contributed by atoms with Crippen LogP contribution < -0.4 is 5.32 Å². The maximum absolute atomic E-state index is 12.2. The average Bonchev–Trinajstić information content (AvgIpc) is 2.47. The van der Waals surface area contributed by atoms with E-state index in [9.17, 15) is 4.79 Å². The highest BCUT2D eigenvalue weighted by atomic mass is 16.5. The van der Waals surface area contributed by atoms with Crippen LogP contribution in [0.15, 0.2) is 0 Å². The van der Waals surface area contributed by atoms with Crippen LogP contribution in [0.25, 0.3) is 0 Å². The summed E-state index contributed by atoms with van der Waals surface area (Å²) >= 11 is 0. The lowest BCUT2D eigenvalue weighted by Gasteiger charge is -2.42. The molecule has 2 unspecified atom stereocenters. The maximum Gasteiger partial charge on any atom is 0.326 e. The molecule has 0 aromatic carbocycles. The largest absolute Gasteiger partial charge is 0.468 e. The fourth-order valence-electron chi connectivity index (χ4n) is 3.21. The van der Waals surface area contributed by atoms with Gasteiger partial charge in [0, 0.05) is 26.3 Å². The summed E-state index contributed by atoms with van der Waals surface area (Å²) in [5.74, 6) is -0.116. The van der Waals surface area contributed by atoms with Crippen LogP contribution in [0, 0.1) is 0 Å². The summed E-state index contributed by atoms with van der Waals surface area (Å²) in [6.07, 6.45) is 4.93. The molecule has 0 amide bonds. The minimum Gasteiger partial charge on any atom is -0.468 e. The standard InChI is InChI=1S/C15H30N2O3/c1-5-16-15(14(18)20-4)9-6-8-13(12-15)17(2)10-7-11-19-3/h13,16H,5-12H2,1-4H3. The molecule has 2 atom stereocenters. The Hall–Kier alpha value is -0.650. The predicted octanol–water partition coefficient (Wildman–Crippen LogP) is 1.42. The third kappa shape index (κ3) is 4.43. The summed E-state index contributed by atoms with van der Waals surface area (Å²) in [5.41, 5.74) is -0.498. The lowest BCUT2D eigenvalue weighted by Crippen LogP contribution is -2.58. The molecule has 118 valence electrons. The summed E-state index contributed by atoms with van der Waals surface area (Å²) in [4.78, 5) is 14.5. The Morgan fingerprint density at radius 1 is 1.45 bits per heavy atom. The minimum atomic E-state index is -0.498. The number of hydrogen-bond acceptors (Lipinski definition) is 5. The Balaban J connectivity index is 2.64. The number of methoxy groups -OCH3 is 2. The zero-order valence-electron chi connectivity index (χ0n) is 13.4. The summed E-state index contributed by atoms with van der Waals surface area (Å²) in [6, 6.07) is 0.429. The summed E-state index contributed by atoms with van der Waals surface area (Å²) in [5, 5.41) is 3.37. The van der Waals surface area contributed by atoms with Crippen molar-refractivity contribution in [2.75, 3.05) is 41.0 Å². The van der Waals surface area contributed by atoms with Crippen LogP contribution in [0.4, 0.5) is 0 Å². The molecule has 20 heavy (non-hydrogen) atoms. The molecular formula is C15H30N2O3. The number of hydrogen-bond donors (Lipinski definition) is 1. The maximum atomic E-state index is 12.2. The van der Waals surface area contributed by atoms with Crippen LogP contribution in [0.3, 0.4) is 0 Å². The second-order valence-electron chi connectivity index (χ2n) is 5.68. The first-order valence-electron chi connectivity index (χ1n) is 7.62. The van der Waals surface area contributed by atoms with E-state index in [0.717, 1.165) is 51.8 Å². The van der Waals surface area contributed by atoms with Crippen molar-refractivity contribution in [3.63, 3.8) is 0 Å². The molecule has 0 heterocycles. The molecule has 0 aromatic rings. The Bertz CT molecular complexity index is 295. The van der Waals surface area contributed by atoms with Gasteiger partial charge in [0.1, 0.15) is 5.54 Å². The molecular weight excluding hydrogens is 256 g/mol. The van der Waals surface area contributed by atoms with Crippen LogP contribution in [-0.2, 0) is 14.3 Å². The highest BCUT2D eigenvalue weighted by Crippen LogP contribution is 2.32. The van der Waals surface area contributed by atoms with E-state index in [1.165, 1.54) is 7.11 Å². The van der Waals surface area contributed by atoms with Crippen LogP contribution >= 0.6 is 0 Å². The Kier molecular flexibility index (Phi) is 7.48. The van der Waals surface area contributed by atoms with Gasteiger partial charge < -0.3 is 19.7 Å². The first-order valence-corrected chi connectivity index (χ1v) is 7.62. The van der Waals surface area contributed by atoms with E-state index in [1.807, 2.05) is 6.92 Å². The Morgan fingerprint density at radius 2 is 2.20 bits per heavy atom. The molecule has 5 heteroatoms. The van der Waals surface area contributed by atoms with E-state index in [1.54, 1.807) is 7.11 Å². The van der Waals surface area contributed by atoms with Crippen LogP contribution in [0.2, 0.25) is 0 Å². The van der Waals surface area contributed by atoms with Crippen molar-refractivity contribution in [3.05, 3.63) is 0 Å². The van der Waals surface area contributed by atoms with Gasteiger partial charge in [-0.05, 0) is 45.7 Å². The third-order valence-electron chi connectivity index (χ3n) is 4.30. The number of carbonyl (C=O) groups is 1. The van der Waals surface area contributed by atoms with Gasteiger partial charge in [0.15, 0.2) is 0 Å². The molecule has 1 N–H and O–H groups in total. The Labute approximate surface area is 123 Å². The average molecular weight is 286 g/mol.